The standard InChI is InChI=1S/C11H17NO4S4/c1-10(3-4-19(13,14)6-10)12-9(17)18-8-5-20(15,16)7-11(8,12)2/h8H,3-7H2,1-2H3/t8-,10-,11-/m0/s1. The van der Waals surface area contributed by atoms with Crippen LogP contribution in [0.4, 0.5) is 0 Å². The molecular formula is C11H17NO4S4. The molecule has 3 atom stereocenters. The molecule has 114 valence electrons. The lowest BCUT2D eigenvalue weighted by atomic mass is 9.90. The minimum Gasteiger partial charge on any atom is -0.343 e. The van der Waals surface area contributed by atoms with E-state index in [1.807, 2.05) is 18.7 Å². The molecule has 3 fully saturated rings. The van der Waals surface area contributed by atoms with Gasteiger partial charge in [-0.25, -0.2) is 16.8 Å². The maximum absolute atomic E-state index is 11.9. The molecule has 0 bridgehead atoms. The van der Waals surface area contributed by atoms with E-state index in [-0.39, 0.29) is 28.3 Å². The van der Waals surface area contributed by atoms with E-state index in [1.165, 1.54) is 11.8 Å². The molecule has 0 radical (unpaired) electrons. The van der Waals surface area contributed by atoms with Crippen molar-refractivity contribution in [3.8, 4) is 0 Å². The van der Waals surface area contributed by atoms with E-state index in [0.717, 1.165) is 0 Å². The average molecular weight is 356 g/mol. The normalized spacial score (nSPS) is 45.8. The maximum Gasteiger partial charge on any atom is 0.153 e. The molecule has 0 aliphatic carbocycles. The molecule has 9 heteroatoms. The summed E-state index contributed by atoms with van der Waals surface area (Å²) < 4.78 is 48.2. The van der Waals surface area contributed by atoms with Gasteiger partial charge in [0.25, 0.3) is 0 Å². The fourth-order valence-electron chi connectivity index (χ4n) is 3.77. The summed E-state index contributed by atoms with van der Waals surface area (Å²) in [5.74, 6) is 0.408. The number of thioether (sulfide) groups is 1. The Morgan fingerprint density at radius 1 is 1.20 bits per heavy atom. The number of thiocarbonyl (C=S) groups is 1. The quantitative estimate of drug-likeness (QED) is 0.633. The predicted molar refractivity (Wildman–Crippen MR) is 84.6 cm³/mol. The first kappa shape index (κ1) is 15.1. The van der Waals surface area contributed by atoms with Crippen LogP contribution >= 0.6 is 24.0 Å². The largest absolute Gasteiger partial charge is 0.343 e. The Morgan fingerprint density at radius 2 is 1.85 bits per heavy atom. The van der Waals surface area contributed by atoms with E-state index in [1.54, 1.807) is 0 Å². The third-order valence-corrected chi connectivity index (χ3v) is 10.3. The van der Waals surface area contributed by atoms with Crippen LogP contribution in [0.1, 0.15) is 20.3 Å². The van der Waals surface area contributed by atoms with Gasteiger partial charge in [-0.2, -0.15) is 0 Å². The molecule has 0 amide bonds. The van der Waals surface area contributed by atoms with Gasteiger partial charge >= 0.3 is 0 Å². The van der Waals surface area contributed by atoms with Crippen molar-refractivity contribution in [2.45, 2.75) is 36.6 Å². The second kappa shape index (κ2) is 4.11. The van der Waals surface area contributed by atoms with E-state index in [0.29, 0.717) is 10.7 Å². The first-order valence-electron chi connectivity index (χ1n) is 6.39. The van der Waals surface area contributed by atoms with Gasteiger partial charge in [0, 0.05) is 5.25 Å². The zero-order chi connectivity index (χ0) is 15.0. The van der Waals surface area contributed by atoms with E-state index in [9.17, 15) is 16.8 Å². The number of fused-ring (bicyclic) bond motifs is 1. The highest BCUT2D eigenvalue weighted by molar-refractivity contribution is 8.24. The van der Waals surface area contributed by atoms with Crippen molar-refractivity contribution < 1.29 is 16.8 Å². The molecule has 0 saturated carbocycles. The molecule has 0 aromatic carbocycles. The fourth-order valence-corrected chi connectivity index (χ4v) is 11.0. The zero-order valence-corrected chi connectivity index (χ0v) is 14.6. The minimum absolute atomic E-state index is 0.0586. The summed E-state index contributed by atoms with van der Waals surface area (Å²) in [5.41, 5.74) is -1.15. The van der Waals surface area contributed by atoms with Crippen molar-refractivity contribution in [1.29, 1.82) is 0 Å². The van der Waals surface area contributed by atoms with Gasteiger partial charge in [0.1, 0.15) is 4.32 Å². The highest BCUT2D eigenvalue weighted by atomic mass is 32.2. The van der Waals surface area contributed by atoms with E-state index in [2.05, 4.69) is 0 Å². The smallest absolute Gasteiger partial charge is 0.153 e. The van der Waals surface area contributed by atoms with Crippen molar-refractivity contribution in [1.82, 2.24) is 4.90 Å². The van der Waals surface area contributed by atoms with Crippen molar-refractivity contribution in [3.63, 3.8) is 0 Å². The summed E-state index contributed by atoms with van der Waals surface area (Å²) >= 11 is 6.84. The van der Waals surface area contributed by atoms with Gasteiger partial charge in [-0.1, -0.05) is 24.0 Å². The third-order valence-electron chi connectivity index (χ3n) is 4.57. The number of hydrogen-bond acceptors (Lipinski definition) is 6. The second-order valence-corrected chi connectivity index (χ2v) is 12.6. The summed E-state index contributed by atoms with van der Waals surface area (Å²) in [6.07, 6.45) is 0.512. The van der Waals surface area contributed by atoms with E-state index >= 15 is 0 Å². The topological polar surface area (TPSA) is 71.5 Å². The highest BCUT2D eigenvalue weighted by Gasteiger charge is 2.62. The highest BCUT2D eigenvalue weighted by Crippen LogP contribution is 2.51. The minimum atomic E-state index is -3.08. The Bertz CT molecular complexity index is 685. The third kappa shape index (κ3) is 2.12. The van der Waals surface area contributed by atoms with Gasteiger partial charge < -0.3 is 4.90 Å². The first-order chi connectivity index (χ1) is 8.98. The Kier molecular flexibility index (Phi) is 3.09. The molecule has 3 aliphatic rings. The van der Waals surface area contributed by atoms with Crippen LogP contribution in [0.15, 0.2) is 0 Å². The van der Waals surface area contributed by atoms with Gasteiger partial charge in [-0.15, -0.1) is 0 Å². The second-order valence-electron chi connectivity index (χ2n) is 6.46. The Hall–Kier alpha value is 0.140. The summed E-state index contributed by atoms with van der Waals surface area (Å²) in [4.78, 5) is 1.93. The molecule has 0 unspecified atom stereocenters. The van der Waals surface area contributed by atoms with Crippen LogP contribution in [-0.4, -0.2) is 65.4 Å². The van der Waals surface area contributed by atoms with Gasteiger partial charge in [0.05, 0.1) is 34.1 Å². The SMILES string of the molecule is C[C@]1(N2C(=S)S[C@H]3CS(=O)(=O)C[C@@]32C)CCS(=O)(=O)C1. The van der Waals surface area contributed by atoms with Crippen LogP contribution in [0.25, 0.3) is 0 Å². The Morgan fingerprint density at radius 3 is 2.40 bits per heavy atom. The predicted octanol–water partition coefficient (Wildman–Crippen LogP) is 0.453. The van der Waals surface area contributed by atoms with Crippen molar-refractivity contribution in [2.24, 2.45) is 0 Å². The van der Waals surface area contributed by atoms with Gasteiger partial charge in [-0.3, -0.25) is 0 Å². The van der Waals surface area contributed by atoms with Gasteiger partial charge in [0.2, 0.25) is 0 Å². The summed E-state index contributed by atoms with van der Waals surface area (Å²) in [5, 5.41) is -0.0832. The van der Waals surface area contributed by atoms with Crippen molar-refractivity contribution >= 4 is 48.0 Å². The van der Waals surface area contributed by atoms with Gasteiger partial charge in [0.15, 0.2) is 19.7 Å². The molecule has 0 aromatic rings. The van der Waals surface area contributed by atoms with Gasteiger partial charge in [-0.05, 0) is 20.3 Å². The number of nitrogens with zero attached hydrogens (tertiary/aromatic N) is 1. The molecule has 3 aliphatic heterocycles. The molecule has 20 heavy (non-hydrogen) atoms. The Labute approximate surface area is 129 Å². The summed E-state index contributed by atoms with van der Waals surface area (Å²) in [7, 11) is -6.14. The van der Waals surface area contributed by atoms with Crippen LogP contribution in [0, 0.1) is 0 Å². The zero-order valence-electron chi connectivity index (χ0n) is 11.3. The van der Waals surface area contributed by atoms with Crippen molar-refractivity contribution in [2.75, 3.05) is 23.0 Å². The first-order valence-corrected chi connectivity index (χ1v) is 11.3. The maximum atomic E-state index is 11.9. The fraction of sp³-hybridized carbons (Fsp3) is 0.909. The molecule has 3 rings (SSSR count). The molecule has 3 heterocycles. The summed E-state index contributed by atoms with van der Waals surface area (Å²) in [6.45, 7) is 3.80. The van der Waals surface area contributed by atoms with E-state index in [4.69, 9.17) is 12.2 Å². The molecule has 5 nitrogen and oxygen atoms in total. The molecule has 3 saturated heterocycles. The van der Waals surface area contributed by atoms with E-state index < -0.39 is 30.8 Å². The lowest BCUT2D eigenvalue weighted by molar-refractivity contribution is 0.123. The molecule has 0 N–H and O–H groups in total. The molecular weight excluding hydrogens is 338 g/mol. The molecule has 0 spiro atoms. The monoisotopic (exact) mass is 355 g/mol. The lowest BCUT2D eigenvalue weighted by Gasteiger charge is -2.45. The number of rotatable bonds is 1. The summed E-state index contributed by atoms with van der Waals surface area (Å²) in [6, 6.07) is 0. The number of hydrogen-bond donors (Lipinski definition) is 0. The number of sulfone groups is 2. The van der Waals surface area contributed by atoms with Crippen LogP contribution in [0.3, 0.4) is 0 Å². The van der Waals surface area contributed by atoms with Crippen molar-refractivity contribution in [3.05, 3.63) is 0 Å². The lowest BCUT2D eigenvalue weighted by Crippen LogP contribution is -2.60. The Balaban J connectivity index is 2.03. The average Bonchev–Trinajstić information content (AvgIpc) is 2.69. The molecule has 0 aromatic heterocycles. The van der Waals surface area contributed by atoms with Crippen LogP contribution < -0.4 is 0 Å². The van der Waals surface area contributed by atoms with Crippen LogP contribution in [-0.2, 0) is 19.7 Å². The van der Waals surface area contributed by atoms with Crippen LogP contribution in [0.5, 0.6) is 0 Å². The van der Waals surface area contributed by atoms with Crippen LogP contribution in [0.2, 0.25) is 0 Å².